The summed E-state index contributed by atoms with van der Waals surface area (Å²) in [6.45, 7) is 0.552. The summed E-state index contributed by atoms with van der Waals surface area (Å²) in [4.78, 5) is 29.1. The largest absolute Gasteiger partial charge is 0.411 e. The van der Waals surface area contributed by atoms with E-state index in [9.17, 15) is 15.0 Å². The van der Waals surface area contributed by atoms with E-state index in [0.717, 1.165) is 0 Å². The second kappa shape index (κ2) is 10.2. The fraction of sp³-hybridized carbons (Fsp3) is 0.333. The van der Waals surface area contributed by atoms with Crippen molar-refractivity contribution in [2.45, 2.75) is 37.5 Å². The Hall–Kier alpha value is -4.54. The van der Waals surface area contributed by atoms with E-state index in [-0.39, 0.29) is 12.4 Å². The Morgan fingerprint density at radius 2 is 2.08 bits per heavy atom. The monoisotopic (exact) mass is 509 g/mol. The molecule has 192 valence electrons. The first kappa shape index (κ1) is 24.2. The van der Waals surface area contributed by atoms with Gasteiger partial charge >= 0.3 is 0 Å². The summed E-state index contributed by atoms with van der Waals surface area (Å²) >= 11 is 0. The fourth-order valence-electron chi connectivity index (χ4n) is 3.99. The maximum atomic E-state index is 12.7. The number of aliphatic hydroxyl groups excluding tert-OH is 2. The summed E-state index contributed by atoms with van der Waals surface area (Å²) in [5.41, 5.74) is 8.24. The van der Waals surface area contributed by atoms with Crippen LogP contribution in [0.3, 0.4) is 0 Å². The number of hydrogen-bond donors (Lipinski definition) is 5. The number of carbonyl (C=O) groups excluding carboxylic acids is 1. The minimum atomic E-state index is -1.47. The van der Waals surface area contributed by atoms with E-state index >= 15 is 0 Å². The number of ether oxygens (including phenoxy) is 1. The predicted octanol–water partition coefficient (Wildman–Crippen LogP) is -1.77. The highest BCUT2D eigenvalue weighted by molar-refractivity contribution is 5.82. The third kappa shape index (κ3) is 4.92. The summed E-state index contributed by atoms with van der Waals surface area (Å²) in [6, 6.07) is 5.29. The van der Waals surface area contributed by atoms with Crippen LogP contribution in [0.25, 0.3) is 11.2 Å². The number of nitrogens with zero attached hydrogens (tertiary/aromatic N) is 9. The number of rotatable bonds is 8. The van der Waals surface area contributed by atoms with Crippen molar-refractivity contribution in [3.05, 3.63) is 54.1 Å². The van der Waals surface area contributed by atoms with E-state index in [2.05, 4.69) is 40.7 Å². The van der Waals surface area contributed by atoms with Gasteiger partial charge in [0.15, 0.2) is 23.8 Å². The number of hydrogen-bond acceptors (Lipinski definition) is 13. The van der Waals surface area contributed by atoms with E-state index in [1.54, 1.807) is 29.1 Å². The smallest absolute Gasteiger partial charge is 0.252 e. The molecule has 4 aromatic rings. The molecule has 0 radical (unpaired) electrons. The summed E-state index contributed by atoms with van der Waals surface area (Å²) in [5.74, 6) is -0.435. The molecule has 1 saturated heterocycles. The van der Waals surface area contributed by atoms with Crippen molar-refractivity contribution >= 4 is 29.1 Å². The summed E-state index contributed by atoms with van der Waals surface area (Å²) in [7, 11) is 0. The maximum Gasteiger partial charge on any atom is 0.252 e. The van der Waals surface area contributed by atoms with E-state index in [4.69, 9.17) is 15.7 Å². The summed E-state index contributed by atoms with van der Waals surface area (Å²) in [5, 5.41) is 43.4. The number of imidazole rings is 1. The van der Waals surface area contributed by atoms with Gasteiger partial charge in [-0.3, -0.25) is 9.36 Å². The number of fused-ring (bicyclic) bond motifs is 1. The van der Waals surface area contributed by atoms with E-state index < -0.39 is 30.4 Å². The minimum Gasteiger partial charge on any atom is -0.411 e. The number of carbonyl (C=O) groups is 1. The van der Waals surface area contributed by atoms with Crippen molar-refractivity contribution < 1.29 is 25.0 Å². The Morgan fingerprint density at radius 3 is 2.92 bits per heavy atom. The van der Waals surface area contributed by atoms with Crippen molar-refractivity contribution in [3.8, 4) is 0 Å². The Bertz CT molecular complexity index is 1440. The molecule has 4 aromatic heterocycles. The number of nitrogens with two attached hydrogens (primary N) is 1. The van der Waals surface area contributed by atoms with Gasteiger partial charge in [-0.1, -0.05) is 16.4 Å². The van der Waals surface area contributed by atoms with Crippen LogP contribution in [0.1, 0.15) is 23.3 Å². The number of oxime groups is 1. The van der Waals surface area contributed by atoms with Crippen molar-refractivity contribution in [2.24, 2.45) is 5.16 Å². The van der Waals surface area contributed by atoms with Gasteiger partial charge in [0, 0.05) is 19.2 Å². The van der Waals surface area contributed by atoms with Gasteiger partial charge in [0.2, 0.25) is 0 Å². The lowest BCUT2D eigenvalue weighted by Crippen LogP contribution is -2.43. The molecule has 0 saturated carbocycles. The Balaban J connectivity index is 1.16. The van der Waals surface area contributed by atoms with E-state index in [0.29, 0.717) is 41.2 Å². The first-order valence-corrected chi connectivity index (χ1v) is 11.2. The molecule has 0 bridgehead atoms. The molecule has 1 aliphatic heterocycles. The predicted molar refractivity (Wildman–Crippen MR) is 125 cm³/mol. The van der Waals surface area contributed by atoms with E-state index in [1.807, 2.05) is 0 Å². The lowest BCUT2D eigenvalue weighted by molar-refractivity contribution is -0.137. The molecule has 0 aromatic carbocycles. The van der Waals surface area contributed by atoms with Gasteiger partial charge in [0.25, 0.3) is 5.91 Å². The van der Waals surface area contributed by atoms with Crippen LogP contribution < -0.4 is 11.1 Å². The zero-order chi connectivity index (χ0) is 25.9. The Morgan fingerprint density at radius 1 is 1.22 bits per heavy atom. The zero-order valence-electron chi connectivity index (χ0n) is 19.2. The van der Waals surface area contributed by atoms with Gasteiger partial charge in [0.1, 0.15) is 24.1 Å². The lowest BCUT2D eigenvalue weighted by atomic mass is 10.1. The molecule has 0 aliphatic carbocycles. The first-order valence-electron chi connectivity index (χ1n) is 11.2. The van der Waals surface area contributed by atoms with Crippen LogP contribution in [0, 0.1) is 0 Å². The van der Waals surface area contributed by atoms with Crippen molar-refractivity contribution in [2.75, 3.05) is 12.3 Å². The average molecular weight is 509 g/mol. The number of anilines is 1. The van der Waals surface area contributed by atoms with Gasteiger partial charge in [-0.25, -0.2) is 24.6 Å². The van der Waals surface area contributed by atoms with Gasteiger partial charge in [-0.05, 0) is 12.1 Å². The zero-order valence-corrected chi connectivity index (χ0v) is 19.2. The van der Waals surface area contributed by atoms with Gasteiger partial charge in [-0.15, -0.1) is 5.10 Å². The first-order chi connectivity index (χ1) is 17.9. The number of pyridine rings is 1. The second-order valence-electron chi connectivity index (χ2n) is 8.26. The lowest BCUT2D eigenvalue weighted by Gasteiger charge is -2.16. The minimum absolute atomic E-state index is 0.156. The SMILES string of the molecule is Nc1ncnc2c1ncn2[C@@H]1O[C@H](C(=O)NCCc2cn(Cc3cccc(C=NO)n3)nn2)[C@@H](O)[C@H]1O. The van der Waals surface area contributed by atoms with Crippen molar-refractivity contribution in [3.63, 3.8) is 0 Å². The fourth-order valence-corrected chi connectivity index (χ4v) is 3.99. The topological polar surface area (TPSA) is 225 Å². The summed E-state index contributed by atoms with van der Waals surface area (Å²) < 4.78 is 8.68. The number of nitrogens with one attached hydrogen (secondary N) is 1. The third-order valence-corrected chi connectivity index (χ3v) is 5.77. The molecule has 16 nitrogen and oxygen atoms in total. The molecule has 1 fully saturated rings. The van der Waals surface area contributed by atoms with Crippen LogP contribution in [0.15, 0.2) is 42.2 Å². The molecule has 5 heterocycles. The van der Waals surface area contributed by atoms with Crippen LogP contribution in [0.5, 0.6) is 0 Å². The van der Waals surface area contributed by atoms with Gasteiger partial charge in [0.05, 0.1) is 36.2 Å². The normalized spacial score (nSPS) is 21.7. The number of amides is 1. The Kier molecular flexibility index (Phi) is 6.67. The molecule has 5 rings (SSSR count). The molecule has 0 unspecified atom stereocenters. The standard InChI is InChI=1S/C21H23N11O5/c22-18-14-19(25-9-24-18)32(10-26-14)21-16(34)15(33)17(37-21)20(35)23-5-4-13-8-31(30-29-13)7-12-3-1-2-11(28-12)6-27-36/h1-3,6,8-10,15-17,21,33-34,36H,4-5,7H2,(H,23,35)(H2,22,24,25)/t15-,16+,17-,21+/m0/s1. The van der Waals surface area contributed by atoms with Crippen LogP contribution in [-0.4, -0.2) is 91.9 Å². The molecule has 16 heteroatoms. The molecule has 37 heavy (non-hydrogen) atoms. The molecule has 0 spiro atoms. The maximum absolute atomic E-state index is 12.7. The van der Waals surface area contributed by atoms with Crippen molar-refractivity contribution in [1.29, 1.82) is 0 Å². The average Bonchev–Trinajstić information content (AvgIpc) is 3.59. The van der Waals surface area contributed by atoms with Crippen molar-refractivity contribution in [1.82, 2.24) is 44.8 Å². The van der Waals surface area contributed by atoms with E-state index in [1.165, 1.54) is 23.4 Å². The van der Waals surface area contributed by atoms with Gasteiger partial charge < -0.3 is 31.2 Å². The quantitative estimate of drug-likeness (QED) is 0.101. The third-order valence-electron chi connectivity index (χ3n) is 5.77. The molecular weight excluding hydrogens is 486 g/mol. The molecule has 1 amide bonds. The number of nitrogen functional groups attached to an aromatic ring is 1. The second-order valence-corrected chi connectivity index (χ2v) is 8.26. The van der Waals surface area contributed by atoms with Crippen LogP contribution in [0.4, 0.5) is 5.82 Å². The summed E-state index contributed by atoms with van der Waals surface area (Å²) in [6.07, 6.45) is 0.634. The molecular formula is C21H23N11O5. The van der Waals surface area contributed by atoms with Crippen LogP contribution in [0.2, 0.25) is 0 Å². The molecule has 1 aliphatic rings. The molecule has 4 atom stereocenters. The van der Waals surface area contributed by atoms with Crippen LogP contribution in [-0.2, 0) is 22.5 Å². The highest BCUT2D eigenvalue weighted by Crippen LogP contribution is 2.32. The number of aromatic nitrogens is 8. The van der Waals surface area contributed by atoms with Gasteiger partial charge in [-0.2, -0.15) is 0 Å². The highest BCUT2D eigenvalue weighted by atomic mass is 16.6. The molecule has 6 N–H and O–H groups in total. The Labute approximate surface area is 208 Å². The van der Waals surface area contributed by atoms with Crippen LogP contribution >= 0.6 is 0 Å². The highest BCUT2D eigenvalue weighted by Gasteiger charge is 2.47. The number of aliphatic hydroxyl groups is 2.